The van der Waals surface area contributed by atoms with Gasteiger partial charge in [-0.3, -0.25) is 9.00 Å². The molecule has 1 heterocycles. The molecule has 5 heteroatoms. The largest absolute Gasteiger partial charge is 0.336 e. The van der Waals surface area contributed by atoms with E-state index in [1.54, 1.807) is 17.9 Å². The van der Waals surface area contributed by atoms with Gasteiger partial charge in [-0.15, -0.1) is 0 Å². The third kappa shape index (κ3) is 2.86. The maximum atomic E-state index is 13.2. The van der Waals surface area contributed by atoms with Crippen molar-refractivity contribution in [1.29, 1.82) is 0 Å². The number of aryl methyl sites for hydroxylation is 1. The normalized spacial score (nSPS) is 22.3. The van der Waals surface area contributed by atoms with Crippen molar-refractivity contribution >= 4 is 16.7 Å². The molecule has 0 aromatic heterocycles. The fourth-order valence-electron chi connectivity index (χ4n) is 2.21. The standard InChI is InChI=1S/C14H18FNO2S/c1-10-8-11(4-5-12(10)15)13(17)16-6-7-19(18)14(2,3)9-16/h4-5,8H,6-7,9H2,1-3H3. The van der Waals surface area contributed by atoms with Crippen LogP contribution in [0.2, 0.25) is 0 Å². The van der Waals surface area contributed by atoms with E-state index in [4.69, 9.17) is 0 Å². The van der Waals surface area contributed by atoms with Crippen LogP contribution in [0.25, 0.3) is 0 Å². The Bertz CT molecular complexity index is 542. The number of hydrogen-bond donors (Lipinski definition) is 0. The highest BCUT2D eigenvalue weighted by Crippen LogP contribution is 2.22. The zero-order chi connectivity index (χ0) is 14.2. The Kier molecular flexibility index (Phi) is 3.76. The molecule has 0 aliphatic carbocycles. The maximum Gasteiger partial charge on any atom is 0.253 e. The monoisotopic (exact) mass is 283 g/mol. The first-order valence-electron chi connectivity index (χ1n) is 6.25. The summed E-state index contributed by atoms with van der Waals surface area (Å²) in [6, 6.07) is 4.38. The first kappa shape index (κ1) is 14.2. The molecule has 2 rings (SSSR count). The van der Waals surface area contributed by atoms with Gasteiger partial charge in [0.15, 0.2) is 0 Å². The van der Waals surface area contributed by atoms with Gasteiger partial charge in [-0.1, -0.05) is 0 Å². The van der Waals surface area contributed by atoms with E-state index in [1.807, 2.05) is 13.8 Å². The van der Waals surface area contributed by atoms with Gasteiger partial charge >= 0.3 is 0 Å². The van der Waals surface area contributed by atoms with E-state index in [0.717, 1.165) is 0 Å². The Hall–Kier alpha value is -1.23. The van der Waals surface area contributed by atoms with Crippen LogP contribution in [0, 0.1) is 12.7 Å². The van der Waals surface area contributed by atoms with Gasteiger partial charge in [0.1, 0.15) is 5.82 Å². The fraction of sp³-hybridized carbons (Fsp3) is 0.500. The summed E-state index contributed by atoms with van der Waals surface area (Å²) in [7, 11) is -0.906. The summed E-state index contributed by atoms with van der Waals surface area (Å²) in [6.07, 6.45) is 0. The van der Waals surface area contributed by atoms with E-state index in [-0.39, 0.29) is 16.5 Å². The van der Waals surface area contributed by atoms with Crippen molar-refractivity contribution in [1.82, 2.24) is 4.90 Å². The van der Waals surface area contributed by atoms with Crippen LogP contribution in [0.15, 0.2) is 18.2 Å². The Morgan fingerprint density at radius 1 is 1.42 bits per heavy atom. The molecule has 1 aliphatic rings. The molecule has 1 saturated heterocycles. The molecule has 1 aliphatic heterocycles. The molecule has 1 atom stereocenters. The second kappa shape index (κ2) is 5.04. The molecule has 0 radical (unpaired) electrons. The average molecular weight is 283 g/mol. The minimum absolute atomic E-state index is 0.118. The van der Waals surface area contributed by atoms with Gasteiger partial charge in [0.2, 0.25) is 0 Å². The predicted octanol–water partition coefficient (Wildman–Crippen LogP) is 2.12. The maximum absolute atomic E-state index is 13.2. The first-order valence-corrected chi connectivity index (χ1v) is 7.57. The van der Waals surface area contributed by atoms with Crippen LogP contribution in [0.4, 0.5) is 4.39 Å². The van der Waals surface area contributed by atoms with Gasteiger partial charge in [0, 0.05) is 35.2 Å². The highest BCUT2D eigenvalue weighted by atomic mass is 32.2. The molecule has 1 aromatic rings. The predicted molar refractivity (Wildman–Crippen MR) is 74.1 cm³/mol. The van der Waals surface area contributed by atoms with Crippen molar-refractivity contribution in [3.05, 3.63) is 35.1 Å². The first-order chi connectivity index (χ1) is 8.81. The van der Waals surface area contributed by atoms with E-state index < -0.39 is 10.8 Å². The van der Waals surface area contributed by atoms with Gasteiger partial charge in [-0.05, 0) is 44.5 Å². The van der Waals surface area contributed by atoms with Crippen molar-refractivity contribution in [3.63, 3.8) is 0 Å². The third-order valence-electron chi connectivity index (χ3n) is 3.43. The van der Waals surface area contributed by atoms with Crippen molar-refractivity contribution in [2.45, 2.75) is 25.5 Å². The van der Waals surface area contributed by atoms with Crippen molar-refractivity contribution in [3.8, 4) is 0 Å². The number of nitrogens with zero attached hydrogens (tertiary/aromatic N) is 1. The number of benzene rings is 1. The Labute approximate surface area is 115 Å². The number of carbonyl (C=O) groups excluding carboxylic acids is 1. The summed E-state index contributed by atoms with van der Waals surface area (Å²) < 4.78 is 24.7. The number of hydrogen-bond acceptors (Lipinski definition) is 2. The lowest BCUT2D eigenvalue weighted by atomic mass is 10.1. The number of carbonyl (C=O) groups is 1. The van der Waals surface area contributed by atoms with Gasteiger partial charge in [-0.25, -0.2) is 4.39 Å². The fourth-order valence-corrected chi connectivity index (χ4v) is 3.45. The quantitative estimate of drug-likeness (QED) is 0.791. The second-order valence-corrected chi connectivity index (χ2v) is 7.70. The Balaban J connectivity index is 2.20. The smallest absolute Gasteiger partial charge is 0.253 e. The summed E-state index contributed by atoms with van der Waals surface area (Å²) in [5.41, 5.74) is 0.952. The molecule has 0 spiro atoms. The molecule has 1 amide bonds. The van der Waals surface area contributed by atoms with Crippen LogP contribution >= 0.6 is 0 Å². The van der Waals surface area contributed by atoms with Crippen LogP contribution in [-0.2, 0) is 10.8 Å². The summed E-state index contributed by atoms with van der Waals surface area (Å²) in [6.45, 7) is 6.40. The zero-order valence-corrected chi connectivity index (χ0v) is 12.2. The van der Waals surface area contributed by atoms with Crippen LogP contribution in [0.1, 0.15) is 29.8 Å². The highest BCUT2D eigenvalue weighted by Gasteiger charge is 2.35. The lowest BCUT2D eigenvalue weighted by molar-refractivity contribution is 0.0745. The van der Waals surface area contributed by atoms with E-state index in [2.05, 4.69) is 0 Å². The van der Waals surface area contributed by atoms with Gasteiger partial charge < -0.3 is 4.90 Å². The molecule has 0 saturated carbocycles. The van der Waals surface area contributed by atoms with E-state index in [0.29, 0.717) is 30.0 Å². The van der Waals surface area contributed by atoms with E-state index in [9.17, 15) is 13.4 Å². The Morgan fingerprint density at radius 3 is 2.68 bits per heavy atom. The van der Waals surface area contributed by atoms with E-state index >= 15 is 0 Å². The molecule has 1 fully saturated rings. The van der Waals surface area contributed by atoms with Crippen LogP contribution in [0.5, 0.6) is 0 Å². The molecular weight excluding hydrogens is 265 g/mol. The van der Waals surface area contributed by atoms with Crippen LogP contribution < -0.4 is 0 Å². The molecule has 1 unspecified atom stereocenters. The number of rotatable bonds is 1. The molecule has 0 bridgehead atoms. The molecule has 0 N–H and O–H groups in total. The molecule has 19 heavy (non-hydrogen) atoms. The van der Waals surface area contributed by atoms with Crippen molar-refractivity contribution in [2.75, 3.05) is 18.8 Å². The minimum atomic E-state index is -0.906. The Morgan fingerprint density at radius 2 is 2.11 bits per heavy atom. The molecule has 1 aromatic carbocycles. The van der Waals surface area contributed by atoms with Crippen LogP contribution in [0.3, 0.4) is 0 Å². The minimum Gasteiger partial charge on any atom is -0.336 e. The third-order valence-corrected chi connectivity index (χ3v) is 5.34. The molecule has 3 nitrogen and oxygen atoms in total. The van der Waals surface area contributed by atoms with Crippen molar-refractivity contribution in [2.24, 2.45) is 0 Å². The zero-order valence-electron chi connectivity index (χ0n) is 11.4. The highest BCUT2D eigenvalue weighted by molar-refractivity contribution is 7.86. The lowest BCUT2D eigenvalue weighted by Crippen LogP contribution is -2.52. The average Bonchev–Trinajstić information content (AvgIpc) is 2.35. The van der Waals surface area contributed by atoms with Gasteiger partial charge in [-0.2, -0.15) is 0 Å². The van der Waals surface area contributed by atoms with Crippen molar-refractivity contribution < 1.29 is 13.4 Å². The SMILES string of the molecule is Cc1cc(C(=O)N2CCS(=O)C(C)(C)C2)ccc1F. The number of amides is 1. The topological polar surface area (TPSA) is 37.4 Å². The molecule has 104 valence electrons. The lowest BCUT2D eigenvalue weighted by Gasteiger charge is -2.37. The van der Waals surface area contributed by atoms with Crippen LogP contribution in [-0.4, -0.2) is 38.6 Å². The summed E-state index contributed by atoms with van der Waals surface area (Å²) in [5.74, 6) is 0.0725. The molecular formula is C14H18FNO2S. The van der Waals surface area contributed by atoms with E-state index in [1.165, 1.54) is 12.1 Å². The van der Waals surface area contributed by atoms with Gasteiger partial charge in [0.05, 0.1) is 4.75 Å². The summed E-state index contributed by atoms with van der Waals surface area (Å²) in [5, 5.41) is 0. The summed E-state index contributed by atoms with van der Waals surface area (Å²) in [4.78, 5) is 14.1. The number of halogens is 1. The second-order valence-electron chi connectivity index (χ2n) is 5.50. The van der Waals surface area contributed by atoms with Gasteiger partial charge in [0.25, 0.3) is 5.91 Å². The summed E-state index contributed by atoms with van der Waals surface area (Å²) >= 11 is 0.